The fourth-order valence-electron chi connectivity index (χ4n) is 4.47. The molecule has 2 aliphatic heterocycles. The van der Waals surface area contributed by atoms with Crippen LogP contribution >= 0.6 is 11.3 Å². The predicted octanol–water partition coefficient (Wildman–Crippen LogP) is 4.00. The van der Waals surface area contributed by atoms with Gasteiger partial charge in [-0.3, -0.25) is 4.79 Å². The van der Waals surface area contributed by atoms with E-state index in [9.17, 15) is 9.18 Å². The molecule has 2 aromatic carbocycles. The molecule has 5 nitrogen and oxygen atoms in total. The van der Waals surface area contributed by atoms with E-state index in [1.165, 1.54) is 23.1 Å². The number of para-hydroxylation sites is 2. The van der Waals surface area contributed by atoms with Crippen molar-refractivity contribution in [1.82, 2.24) is 9.88 Å². The molecule has 0 aliphatic carbocycles. The lowest BCUT2D eigenvalue weighted by Gasteiger charge is -2.39. The summed E-state index contributed by atoms with van der Waals surface area (Å²) >= 11 is 1.51. The van der Waals surface area contributed by atoms with Crippen LogP contribution in [0.2, 0.25) is 0 Å². The minimum absolute atomic E-state index is 0.0149. The van der Waals surface area contributed by atoms with Crippen LogP contribution < -0.4 is 9.80 Å². The quantitative estimate of drug-likeness (QED) is 0.637. The Labute approximate surface area is 179 Å². The monoisotopic (exact) mass is 424 g/mol. The van der Waals surface area contributed by atoms with Gasteiger partial charge in [0.2, 0.25) is 5.91 Å². The zero-order valence-electron chi connectivity index (χ0n) is 16.8. The molecule has 0 saturated carbocycles. The first-order chi connectivity index (χ1) is 14.7. The zero-order chi connectivity index (χ0) is 20.5. The van der Waals surface area contributed by atoms with Crippen molar-refractivity contribution in [2.45, 2.75) is 12.8 Å². The van der Waals surface area contributed by atoms with Gasteiger partial charge < -0.3 is 14.7 Å². The summed E-state index contributed by atoms with van der Waals surface area (Å²) in [5, 5.41) is 0.821. The summed E-state index contributed by atoms with van der Waals surface area (Å²) < 4.78 is 14.9. The normalized spacial score (nSPS) is 20.0. The minimum Gasteiger partial charge on any atom is -0.368 e. The Bertz CT molecular complexity index is 1030. The van der Waals surface area contributed by atoms with Gasteiger partial charge in [0.1, 0.15) is 11.3 Å². The van der Waals surface area contributed by atoms with Gasteiger partial charge in [-0.2, -0.15) is 0 Å². The van der Waals surface area contributed by atoms with Crippen LogP contribution in [0.4, 0.5) is 15.2 Å². The zero-order valence-corrected chi connectivity index (χ0v) is 17.7. The number of aromatic nitrogens is 1. The van der Waals surface area contributed by atoms with Crippen molar-refractivity contribution < 1.29 is 9.18 Å². The number of amides is 1. The molecule has 2 fully saturated rings. The molecule has 2 aliphatic rings. The number of hydrogen-bond donors (Lipinski definition) is 0. The van der Waals surface area contributed by atoms with Crippen molar-refractivity contribution in [2.24, 2.45) is 5.92 Å². The van der Waals surface area contributed by atoms with Crippen molar-refractivity contribution in [3.63, 3.8) is 0 Å². The van der Waals surface area contributed by atoms with Crippen LogP contribution in [0.1, 0.15) is 12.8 Å². The van der Waals surface area contributed by atoms with E-state index in [1.807, 2.05) is 17.0 Å². The average Bonchev–Trinajstić information content (AvgIpc) is 3.25. The summed E-state index contributed by atoms with van der Waals surface area (Å²) in [5.74, 6) is -0.0467. The summed E-state index contributed by atoms with van der Waals surface area (Å²) in [6.45, 7) is 4.78. The average molecular weight is 425 g/mol. The molecule has 3 aromatic rings. The van der Waals surface area contributed by atoms with Crippen LogP contribution in [0.3, 0.4) is 0 Å². The topological polar surface area (TPSA) is 39.7 Å². The molecule has 7 heteroatoms. The first kappa shape index (κ1) is 19.3. The third-order valence-electron chi connectivity index (χ3n) is 6.11. The highest BCUT2D eigenvalue weighted by Crippen LogP contribution is 2.33. The highest BCUT2D eigenvalue weighted by molar-refractivity contribution is 7.22. The number of thiazole rings is 1. The number of piperidine rings is 1. The van der Waals surface area contributed by atoms with Crippen LogP contribution in [0.5, 0.6) is 0 Å². The molecular formula is C23H25FN4OS. The fourth-order valence-corrected chi connectivity index (χ4v) is 5.49. The number of piperazine rings is 1. The lowest BCUT2D eigenvalue weighted by Crippen LogP contribution is -2.52. The molecule has 1 amide bonds. The molecule has 0 spiro atoms. The van der Waals surface area contributed by atoms with E-state index in [-0.39, 0.29) is 17.6 Å². The van der Waals surface area contributed by atoms with Crippen LogP contribution in [0.25, 0.3) is 10.2 Å². The maximum atomic E-state index is 14.0. The third-order valence-corrected chi connectivity index (χ3v) is 7.19. The second-order valence-electron chi connectivity index (χ2n) is 8.02. The standard InChI is InChI=1S/C23H25FN4OS/c24-19-9-4-10-20-21(19)25-23(30-20)28-11-5-6-17(16-28)22(29)27-14-12-26(13-15-27)18-7-2-1-3-8-18/h1-4,7-10,17H,5-6,11-16H2. The summed E-state index contributed by atoms with van der Waals surface area (Å²) in [4.78, 5) is 24.2. The van der Waals surface area contributed by atoms with Crippen molar-refractivity contribution in [2.75, 3.05) is 49.1 Å². The molecule has 0 radical (unpaired) electrons. The van der Waals surface area contributed by atoms with Gasteiger partial charge in [0.25, 0.3) is 0 Å². The number of anilines is 2. The molecule has 1 atom stereocenters. The van der Waals surface area contributed by atoms with Crippen molar-refractivity contribution in [3.8, 4) is 0 Å². The maximum absolute atomic E-state index is 14.0. The Hall–Kier alpha value is -2.67. The van der Waals surface area contributed by atoms with E-state index in [2.05, 4.69) is 39.0 Å². The van der Waals surface area contributed by atoms with Gasteiger partial charge >= 0.3 is 0 Å². The summed E-state index contributed by atoms with van der Waals surface area (Å²) in [6, 6.07) is 15.4. The molecule has 3 heterocycles. The molecule has 5 rings (SSSR count). The van der Waals surface area contributed by atoms with Gasteiger partial charge in [-0.1, -0.05) is 35.6 Å². The summed E-state index contributed by atoms with van der Waals surface area (Å²) in [7, 11) is 0. The summed E-state index contributed by atoms with van der Waals surface area (Å²) in [5.41, 5.74) is 1.65. The molecule has 0 bridgehead atoms. The van der Waals surface area contributed by atoms with Gasteiger partial charge in [-0.05, 0) is 37.1 Å². The number of halogens is 1. The number of rotatable bonds is 3. The molecule has 1 aromatic heterocycles. The SMILES string of the molecule is O=C(C1CCCN(c2nc3c(F)cccc3s2)C1)N1CCN(c2ccccc2)CC1. The summed E-state index contributed by atoms with van der Waals surface area (Å²) in [6.07, 6.45) is 1.87. The molecular weight excluding hydrogens is 399 g/mol. The molecule has 0 N–H and O–H groups in total. The van der Waals surface area contributed by atoms with Crippen molar-refractivity contribution in [3.05, 3.63) is 54.3 Å². The van der Waals surface area contributed by atoms with E-state index >= 15 is 0 Å². The molecule has 1 unspecified atom stereocenters. The Morgan fingerprint density at radius 2 is 1.77 bits per heavy atom. The number of hydrogen-bond acceptors (Lipinski definition) is 5. The van der Waals surface area contributed by atoms with Gasteiger partial charge in [-0.25, -0.2) is 9.37 Å². The Morgan fingerprint density at radius 3 is 2.53 bits per heavy atom. The lowest BCUT2D eigenvalue weighted by atomic mass is 9.96. The first-order valence-electron chi connectivity index (χ1n) is 10.6. The number of carbonyl (C=O) groups excluding carboxylic acids is 1. The van der Waals surface area contributed by atoms with Crippen LogP contribution in [-0.4, -0.2) is 55.1 Å². The van der Waals surface area contributed by atoms with Crippen LogP contribution in [-0.2, 0) is 4.79 Å². The van der Waals surface area contributed by atoms with E-state index in [4.69, 9.17) is 0 Å². The largest absolute Gasteiger partial charge is 0.368 e. The number of benzene rings is 2. The van der Waals surface area contributed by atoms with Gasteiger partial charge in [-0.15, -0.1) is 0 Å². The second-order valence-corrected chi connectivity index (χ2v) is 9.03. The minimum atomic E-state index is -0.282. The second kappa shape index (κ2) is 8.22. The van der Waals surface area contributed by atoms with E-state index in [0.29, 0.717) is 12.1 Å². The highest BCUT2D eigenvalue weighted by Gasteiger charge is 2.32. The fraction of sp³-hybridized carbons (Fsp3) is 0.391. The van der Waals surface area contributed by atoms with E-state index in [0.717, 1.165) is 55.4 Å². The predicted molar refractivity (Wildman–Crippen MR) is 120 cm³/mol. The van der Waals surface area contributed by atoms with Crippen LogP contribution in [0, 0.1) is 11.7 Å². The smallest absolute Gasteiger partial charge is 0.227 e. The number of fused-ring (bicyclic) bond motifs is 1. The van der Waals surface area contributed by atoms with E-state index in [1.54, 1.807) is 6.07 Å². The molecule has 156 valence electrons. The van der Waals surface area contributed by atoms with Gasteiger partial charge in [0.05, 0.1) is 10.6 Å². The van der Waals surface area contributed by atoms with Gasteiger partial charge in [0, 0.05) is 45.0 Å². The van der Waals surface area contributed by atoms with Crippen molar-refractivity contribution >= 4 is 38.3 Å². The Kier molecular flexibility index (Phi) is 5.29. The third kappa shape index (κ3) is 3.74. The first-order valence-corrected chi connectivity index (χ1v) is 11.4. The molecule has 30 heavy (non-hydrogen) atoms. The van der Waals surface area contributed by atoms with Crippen molar-refractivity contribution in [1.29, 1.82) is 0 Å². The van der Waals surface area contributed by atoms with Gasteiger partial charge in [0.15, 0.2) is 5.13 Å². The lowest BCUT2D eigenvalue weighted by molar-refractivity contribution is -0.136. The molecule has 2 saturated heterocycles. The number of nitrogens with zero attached hydrogens (tertiary/aromatic N) is 4. The van der Waals surface area contributed by atoms with E-state index < -0.39 is 0 Å². The Balaban J connectivity index is 1.23. The number of carbonyl (C=O) groups is 1. The van der Waals surface area contributed by atoms with Crippen LogP contribution in [0.15, 0.2) is 48.5 Å². The Morgan fingerprint density at radius 1 is 0.967 bits per heavy atom. The maximum Gasteiger partial charge on any atom is 0.227 e. The highest BCUT2D eigenvalue weighted by atomic mass is 32.1.